The molecule has 0 radical (unpaired) electrons. The van der Waals surface area contributed by atoms with E-state index in [1.807, 2.05) is 6.07 Å². The van der Waals surface area contributed by atoms with Gasteiger partial charge in [0.25, 0.3) is 0 Å². The molecule has 0 unspecified atom stereocenters. The quantitative estimate of drug-likeness (QED) is 0.599. The van der Waals surface area contributed by atoms with E-state index in [4.69, 9.17) is 0 Å². The smallest absolute Gasteiger partial charge is 0.0247 e. The Labute approximate surface area is 108 Å². The normalized spacial score (nSPS) is 9.67. The predicted octanol–water partition coefficient (Wildman–Crippen LogP) is 3.97. The van der Waals surface area contributed by atoms with Gasteiger partial charge in [-0.25, -0.2) is 0 Å². The Morgan fingerprint density at radius 1 is 0.933 bits per heavy atom. The molecule has 0 atom stereocenters. The summed E-state index contributed by atoms with van der Waals surface area (Å²) in [5.74, 6) is 0. The first-order valence-corrected chi connectivity index (χ1v) is 7.13. The van der Waals surface area contributed by atoms with Crippen LogP contribution in [0.4, 0.5) is 0 Å². The molecule has 0 bridgehead atoms. The molecule has 15 heavy (non-hydrogen) atoms. The third kappa shape index (κ3) is 7.79. The van der Waals surface area contributed by atoms with E-state index in [1.54, 1.807) is 0 Å². The highest BCUT2D eigenvalue weighted by Crippen LogP contribution is 2.02. The summed E-state index contributed by atoms with van der Waals surface area (Å²) in [6, 6.07) is 10.4. The minimum absolute atomic E-state index is 1.11. The first-order chi connectivity index (χ1) is 7.28. The van der Waals surface area contributed by atoms with Gasteiger partial charge in [0.2, 0.25) is 0 Å². The van der Waals surface area contributed by atoms with Crippen molar-refractivity contribution in [3.63, 3.8) is 0 Å². The second-order valence-corrected chi connectivity index (χ2v) is 4.00. The van der Waals surface area contributed by atoms with Crippen LogP contribution >= 0.6 is 22.6 Å². The Bertz CT molecular complexity index is 214. The van der Waals surface area contributed by atoms with Gasteiger partial charge in [0.1, 0.15) is 0 Å². The van der Waals surface area contributed by atoms with E-state index in [-0.39, 0.29) is 0 Å². The molecule has 0 aromatic heterocycles. The van der Waals surface area contributed by atoms with Crippen molar-refractivity contribution in [1.82, 2.24) is 4.90 Å². The van der Waals surface area contributed by atoms with Gasteiger partial charge in [-0.05, 0) is 25.2 Å². The van der Waals surface area contributed by atoms with Crippen LogP contribution in [0.5, 0.6) is 0 Å². The molecule has 0 saturated carbocycles. The van der Waals surface area contributed by atoms with Crippen molar-refractivity contribution in [2.45, 2.75) is 25.2 Å². The van der Waals surface area contributed by atoms with Crippen molar-refractivity contribution in [2.75, 3.05) is 19.6 Å². The molecule has 0 aliphatic heterocycles. The monoisotopic (exact) mass is 319 g/mol. The Balaban J connectivity index is 0.000000265. The van der Waals surface area contributed by atoms with Crippen LogP contribution in [0.25, 0.3) is 0 Å². The van der Waals surface area contributed by atoms with Crippen molar-refractivity contribution in [2.24, 2.45) is 0 Å². The van der Waals surface area contributed by atoms with E-state index in [0.29, 0.717) is 0 Å². The summed E-state index contributed by atoms with van der Waals surface area (Å²) >= 11 is 2.35. The van der Waals surface area contributed by atoms with Crippen molar-refractivity contribution in [3.8, 4) is 0 Å². The van der Waals surface area contributed by atoms with Crippen molar-refractivity contribution < 1.29 is 0 Å². The van der Waals surface area contributed by atoms with Gasteiger partial charge in [-0.3, -0.25) is 0 Å². The van der Waals surface area contributed by atoms with E-state index in [9.17, 15) is 0 Å². The van der Waals surface area contributed by atoms with Crippen molar-refractivity contribution in [1.29, 1.82) is 0 Å². The predicted molar refractivity (Wildman–Crippen MR) is 77.6 cm³/mol. The molecule has 0 saturated heterocycles. The minimum atomic E-state index is 1.11. The molecule has 0 amide bonds. The van der Waals surface area contributed by atoms with Gasteiger partial charge in [-0.1, -0.05) is 73.7 Å². The van der Waals surface area contributed by atoms with E-state index >= 15 is 0 Å². The van der Waals surface area contributed by atoms with Crippen LogP contribution in [-0.2, 0) is 4.43 Å². The zero-order valence-electron chi connectivity index (χ0n) is 10.0. The van der Waals surface area contributed by atoms with Gasteiger partial charge in [-0.2, -0.15) is 0 Å². The number of hydrogen-bond donors (Lipinski definition) is 0. The number of benzene rings is 1. The fourth-order valence-corrected chi connectivity index (χ4v) is 1.75. The lowest BCUT2D eigenvalue weighted by Gasteiger charge is -2.13. The number of hydrogen-bond acceptors (Lipinski definition) is 1. The molecule has 0 fully saturated rings. The summed E-state index contributed by atoms with van der Waals surface area (Å²) in [5.41, 5.74) is 1.40. The fraction of sp³-hybridized carbons (Fsp3) is 0.538. The molecular formula is C13H22IN. The van der Waals surface area contributed by atoms with Crippen molar-refractivity contribution >= 4 is 22.6 Å². The van der Waals surface area contributed by atoms with Crippen LogP contribution in [0, 0.1) is 0 Å². The Hall–Kier alpha value is -0.0900. The van der Waals surface area contributed by atoms with E-state index < -0.39 is 0 Å². The summed E-state index contributed by atoms with van der Waals surface area (Å²) in [5, 5.41) is 0. The van der Waals surface area contributed by atoms with Gasteiger partial charge >= 0.3 is 0 Å². The molecular weight excluding hydrogens is 297 g/mol. The summed E-state index contributed by atoms with van der Waals surface area (Å²) in [7, 11) is 0. The Morgan fingerprint density at radius 3 is 1.60 bits per heavy atom. The molecule has 0 N–H and O–H groups in total. The van der Waals surface area contributed by atoms with Crippen LogP contribution in [0.15, 0.2) is 30.3 Å². The molecule has 0 spiro atoms. The summed E-state index contributed by atoms with van der Waals surface area (Å²) in [6.07, 6.45) is 0. The van der Waals surface area contributed by atoms with E-state index in [2.05, 4.69) is 72.5 Å². The zero-order valence-corrected chi connectivity index (χ0v) is 12.2. The van der Waals surface area contributed by atoms with Crippen LogP contribution in [0.2, 0.25) is 0 Å². The van der Waals surface area contributed by atoms with Crippen molar-refractivity contribution in [3.05, 3.63) is 35.9 Å². The number of nitrogens with zero attached hydrogens (tertiary/aromatic N) is 1. The second kappa shape index (κ2) is 10.4. The van der Waals surface area contributed by atoms with Gasteiger partial charge in [0.15, 0.2) is 0 Å². The molecule has 1 rings (SSSR count). The molecule has 0 aliphatic carbocycles. The lowest BCUT2D eigenvalue weighted by Crippen LogP contribution is -2.21. The lowest BCUT2D eigenvalue weighted by atomic mass is 10.2. The van der Waals surface area contributed by atoms with E-state index in [1.165, 1.54) is 25.2 Å². The largest absolute Gasteiger partial charge is 0.304 e. The Kier molecular flexibility index (Phi) is 10.4. The van der Waals surface area contributed by atoms with Gasteiger partial charge in [0, 0.05) is 4.43 Å². The third-order valence-electron chi connectivity index (χ3n) is 2.34. The van der Waals surface area contributed by atoms with Crippen LogP contribution in [0.1, 0.15) is 26.3 Å². The SMILES string of the molecule is CCN(CC)CC.ICc1ccccc1. The minimum Gasteiger partial charge on any atom is -0.304 e. The molecule has 2 heteroatoms. The second-order valence-electron chi connectivity index (χ2n) is 3.24. The molecule has 0 aliphatic rings. The zero-order chi connectivity index (χ0) is 11.5. The summed E-state index contributed by atoms with van der Waals surface area (Å²) < 4.78 is 1.11. The standard InChI is InChI=1S/C7H7I.C6H15N/c8-6-7-4-2-1-3-5-7;1-4-7(5-2)6-3/h1-5H,6H2;4-6H2,1-3H3. The topological polar surface area (TPSA) is 3.24 Å². The highest BCUT2D eigenvalue weighted by atomic mass is 127. The molecule has 1 aromatic carbocycles. The number of alkyl halides is 1. The average molecular weight is 319 g/mol. The van der Waals surface area contributed by atoms with Gasteiger partial charge in [-0.15, -0.1) is 0 Å². The first-order valence-electron chi connectivity index (χ1n) is 5.60. The third-order valence-corrected chi connectivity index (χ3v) is 3.22. The van der Waals surface area contributed by atoms with Gasteiger partial charge < -0.3 is 4.90 Å². The average Bonchev–Trinajstić information content (AvgIpc) is 2.33. The van der Waals surface area contributed by atoms with Crippen LogP contribution in [0.3, 0.4) is 0 Å². The van der Waals surface area contributed by atoms with Crippen LogP contribution in [-0.4, -0.2) is 24.5 Å². The molecule has 1 nitrogen and oxygen atoms in total. The van der Waals surface area contributed by atoms with Gasteiger partial charge in [0.05, 0.1) is 0 Å². The van der Waals surface area contributed by atoms with E-state index in [0.717, 1.165) is 4.43 Å². The summed E-state index contributed by atoms with van der Waals surface area (Å²) in [4.78, 5) is 2.38. The highest BCUT2D eigenvalue weighted by Gasteiger charge is 1.89. The number of halogens is 1. The maximum atomic E-state index is 2.38. The first kappa shape index (κ1) is 14.9. The highest BCUT2D eigenvalue weighted by molar-refractivity contribution is 14.1. The molecule has 86 valence electrons. The number of rotatable bonds is 4. The molecule has 0 heterocycles. The maximum absolute atomic E-state index is 2.38. The lowest BCUT2D eigenvalue weighted by molar-refractivity contribution is 0.321. The summed E-state index contributed by atoms with van der Waals surface area (Å²) in [6.45, 7) is 10.1. The fourth-order valence-electron chi connectivity index (χ4n) is 1.24. The van der Waals surface area contributed by atoms with Crippen LogP contribution < -0.4 is 0 Å². The Morgan fingerprint density at radius 2 is 1.40 bits per heavy atom. The maximum Gasteiger partial charge on any atom is 0.0247 e. The molecule has 1 aromatic rings.